The quantitative estimate of drug-likeness (QED) is 0.872. The molecule has 2 atom stereocenters. The van der Waals surface area contributed by atoms with Gasteiger partial charge in [0, 0.05) is 6.04 Å². The van der Waals surface area contributed by atoms with E-state index in [1.54, 1.807) is 0 Å². The maximum atomic E-state index is 4.23. The van der Waals surface area contributed by atoms with Crippen LogP contribution in [0.4, 0.5) is 0 Å². The summed E-state index contributed by atoms with van der Waals surface area (Å²) in [5.41, 5.74) is 0. The van der Waals surface area contributed by atoms with Crippen LogP contribution in [0.3, 0.4) is 0 Å². The Hall–Kier alpha value is -0.970. The second-order valence-electron chi connectivity index (χ2n) is 5.60. The van der Waals surface area contributed by atoms with Crippen LogP contribution in [0.25, 0.3) is 0 Å². The molecule has 5 heteroatoms. The molecule has 1 aliphatic carbocycles. The van der Waals surface area contributed by atoms with Crippen LogP contribution in [0.1, 0.15) is 64.7 Å². The number of hydrogen-bond donors (Lipinski definition) is 1. The molecule has 0 amide bonds. The van der Waals surface area contributed by atoms with E-state index in [1.165, 1.54) is 32.1 Å². The zero-order valence-electron chi connectivity index (χ0n) is 11.8. The Labute approximate surface area is 109 Å². The molecule has 1 aromatic heterocycles. The highest BCUT2D eigenvalue weighted by Crippen LogP contribution is 2.35. The van der Waals surface area contributed by atoms with Gasteiger partial charge < -0.3 is 5.32 Å². The van der Waals surface area contributed by atoms with E-state index in [0.29, 0.717) is 12.1 Å². The van der Waals surface area contributed by atoms with E-state index in [-0.39, 0.29) is 0 Å². The van der Waals surface area contributed by atoms with Crippen LogP contribution < -0.4 is 5.32 Å². The van der Waals surface area contributed by atoms with Gasteiger partial charge in [0.2, 0.25) is 0 Å². The van der Waals surface area contributed by atoms with Crippen LogP contribution in [-0.2, 0) is 6.54 Å². The van der Waals surface area contributed by atoms with Gasteiger partial charge in [-0.3, -0.25) is 0 Å². The van der Waals surface area contributed by atoms with Crippen LogP contribution in [0, 0.1) is 5.92 Å². The summed E-state index contributed by atoms with van der Waals surface area (Å²) < 4.78 is 2.07. The third kappa shape index (κ3) is 3.07. The van der Waals surface area contributed by atoms with Crippen molar-refractivity contribution in [3.05, 3.63) is 5.82 Å². The molecule has 0 aliphatic heterocycles. The first-order valence-electron chi connectivity index (χ1n) is 7.22. The molecule has 0 aromatic carbocycles. The van der Waals surface area contributed by atoms with Crippen molar-refractivity contribution in [2.24, 2.45) is 5.92 Å². The highest BCUT2D eigenvalue weighted by atomic mass is 15.6. The first kappa shape index (κ1) is 13.5. The molecule has 0 bridgehead atoms. The standard InChI is InChI=1S/C13H25N5/c1-4-11-7-5-6-8-12(11)18-13(15-16-17-18)9-14-10(2)3/h10-12,14H,4-9H2,1-3H3. The minimum absolute atomic E-state index is 0.462. The average Bonchev–Trinajstić information content (AvgIpc) is 2.84. The van der Waals surface area contributed by atoms with E-state index in [9.17, 15) is 0 Å². The molecule has 0 saturated heterocycles. The molecule has 2 unspecified atom stereocenters. The summed E-state index contributed by atoms with van der Waals surface area (Å²) in [7, 11) is 0. The van der Waals surface area contributed by atoms with Gasteiger partial charge in [-0.1, -0.05) is 40.0 Å². The summed E-state index contributed by atoms with van der Waals surface area (Å²) in [4.78, 5) is 0. The molecule has 18 heavy (non-hydrogen) atoms. The summed E-state index contributed by atoms with van der Waals surface area (Å²) in [5.74, 6) is 1.72. The van der Waals surface area contributed by atoms with E-state index in [0.717, 1.165) is 18.3 Å². The van der Waals surface area contributed by atoms with E-state index >= 15 is 0 Å². The van der Waals surface area contributed by atoms with Gasteiger partial charge in [0.05, 0.1) is 12.6 Å². The molecule has 5 nitrogen and oxygen atoms in total. The third-order valence-electron chi connectivity index (χ3n) is 3.94. The summed E-state index contributed by atoms with van der Waals surface area (Å²) in [6.07, 6.45) is 6.42. The number of nitrogens with one attached hydrogen (secondary N) is 1. The fourth-order valence-corrected chi connectivity index (χ4v) is 2.87. The number of nitrogens with zero attached hydrogens (tertiary/aromatic N) is 4. The van der Waals surface area contributed by atoms with Crippen molar-refractivity contribution in [2.45, 2.75) is 71.5 Å². The van der Waals surface area contributed by atoms with Crippen molar-refractivity contribution >= 4 is 0 Å². The van der Waals surface area contributed by atoms with Gasteiger partial charge in [-0.2, -0.15) is 0 Å². The molecule has 1 aliphatic rings. The lowest BCUT2D eigenvalue weighted by Gasteiger charge is -2.31. The second-order valence-corrected chi connectivity index (χ2v) is 5.60. The van der Waals surface area contributed by atoms with Gasteiger partial charge in [-0.15, -0.1) is 5.10 Å². The Morgan fingerprint density at radius 2 is 2.11 bits per heavy atom. The zero-order valence-corrected chi connectivity index (χ0v) is 11.8. The Kier molecular flexibility index (Phi) is 4.69. The van der Waals surface area contributed by atoms with Crippen molar-refractivity contribution in [1.82, 2.24) is 25.5 Å². The Morgan fingerprint density at radius 1 is 1.33 bits per heavy atom. The van der Waals surface area contributed by atoms with Crippen LogP contribution >= 0.6 is 0 Å². The van der Waals surface area contributed by atoms with E-state index in [4.69, 9.17) is 0 Å². The SMILES string of the molecule is CCC1CCCCC1n1nnnc1CNC(C)C. The lowest BCUT2D eigenvalue weighted by molar-refractivity contribution is 0.209. The maximum Gasteiger partial charge on any atom is 0.165 e. The number of aromatic nitrogens is 4. The smallest absolute Gasteiger partial charge is 0.165 e. The fraction of sp³-hybridized carbons (Fsp3) is 0.923. The molecular weight excluding hydrogens is 226 g/mol. The van der Waals surface area contributed by atoms with Crippen molar-refractivity contribution in [2.75, 3.05) is 0 Å². The highest BCUT2D eigenvalue weighted by molar-refractivity contribution is 4.88. The lowest BCUT2D eigenvalue weighted by atomic mass is 9.83. The lowest BCUT2D eigenvalue weighted by Crippen LogP contribution is -2.29. The topological polar surface area (TPSA) is 55.6 Å². The number of rotatable bonds is 5. The van der Waals surface area contributed by atoms with Gasteiger partial charge in [0.25, 0.3) is 0 Å². The molecule has 0 spiro atoms. The molecule has 102 valence electrons. The van der Waals surface area contributed by atoms with Crippen molar-refractivity contribution in [1.29, 1.82) is 0 Å². The minimum atomic E-state index is 0.462. The molecule has 1 heterocycles. The maximum absolute atomic E-state index is 4.23. The third-order valence-corrected chi connectivity index (χ3v) is 3.94. The average molecular weight is 251 g/mol. The zero-order chi connectivity index (χ0) is 13.0. The van der Waals surface area contributed by atoms with Crippen molar-refractivity contribution in [3.8, 4) is 0 Å². The minimum Gasteiger partial charge on any atom is -0.308 e. The highest BCUT2D eigenvalue weighted by Gasteiger charge is 2.27. The Bertz CT molecular complexity index is 360. The largest absolute Gasteiger partial charge is 0.308 e. The first-order chi connectivity index (χ1) is 8.72. The van der Waals surface area contributed by atoms with Crippen LogP contribution in [0.5, 0.6) is 0 Å². The van der Waals surface area contributed by atoms with Gasteiger partial charge >= 0.3 is 0 Å². The summed E-state index contributed by atoms with van der Waals surface area (Å²) >= 11 is 0. The van der Waals surface area contributed by atoms with Gasteiger partial charge in [-0.05, 0) is 29.2 Å². The molecule has 1 aromatic rings. The first-order valence-corrected chi connectivity index (χ1v) is 7.22. The summed E-state index contributed by atoms with van der Waals surface area (Å²) in [6.45, 7) is 7.32. The van der Waals surface area contributed by atoms with Crippen LogP contribution in [0.2, 0.25) is 0 Å². The molecule has 2 rings (SSSR count). The number of hydrogen-bond acceptors (Lipinski definition) is 4. The van der Waals surface area contributed by atoms with E-state index < -0.39 is 0 Å². The molecule has 1 saturated carbocycles. The molecule has 1 fully saturated rings. The van der Waals surface area contributed by atoms with Crippen molar-refractivity contribution in [3.63, 3.8) is 0 Å². The van der Waals surface area contributed by atoms with Gasteiger partial charge in [-0.25, -0.2) is 4.68 Å². The summed E-state index contributed by atoms with van der Waals surface area (Å²) in [6, 6.07) is 0.964. The molecular formula is C13H25N5. The van der Waals surface area contributed by atoms with E-state index in [2.05, 4.69) is 46.3 Å². The monoisotopic (exact) mass is 251 g/mol. The predicted molar refractivity (Wildman–Crippen MR) is 71.1 cm³/mol. The Morgan fingerprint density at radius 3 is 2.83 bits per heavy atom. The molecule has 0 radical (unpaired) electrons. The van der Waals surface area contributed by atoms with Crippen molar-refractivity contribution < 1.29 is 0 Å². The normalized spacial score (nSPS) is 24.7. The van der Waals surface area contributed by atoms with Gasteiger partial charge in [0.1, 0.15) is 0 Å². The second kappa shape index (κ2) is 6.27. The fourth-order valence-electron chi connectivity index (χ4n) is 2.87. The summed E-state index contributed by atoms with van der Waals surface area (Å²) in [5, 5.41) is 15.7. The van der Waals surface area contributed by atoms with Crippen LogP contribution in [0.15, 0.2) is 0 Å². The number of tetrazole rings is 1. The van der Waals surface area contributed by atoms with E-state index in [1.807, 2.05) is 0 Å². The predicted octanol–water partition coefficient (Wildman–Crippen LogP) is 2.31. The van der Waals surface area contributed by atoms with Gasteiger partial charge in [0.15, 0.2) is 5.82 Å². The molecule has 1 N–H and O–H groups in total. The van der Waals surface area contributed by atoms with Crippen LogP contribution in [-0.4, -0.2) is 26.2 Å². The Balaban J connectivity index is 2.09.